The van der Waals surface area contributed by atoms with Crippen molar-refractivity contribution >= 4 is 5.69 Å². The summed E-state index contributed by atoms with van der Waals surface area (Å²) >= 11 is 0. The number of likely N-dealkylation sites (tertiary alicyclic amines) is 1. The highest BCUT2D eigenvalue weighted by molar-refractivity contribution is 5.45. The summed E-state index contributed by atoms with van der Waals surface area (Å²) in [5, 5.41) is 0. The van der Waals surface area contributed by atoms with Gasteiger partial charge in [0.1, 0.15) is 0 Å². The Kier molecular flexibility index (Phi) is 5.23. The molecular weight excluding hydrogens is 234 g/mol. The average Bonchev–Trinajstić information content (AvgIpc) is 2.42. The Morgan fingerprint density at radius 3 is 2.32 bits per heavy atom. The Bertz CT molecular complexity index is 364. The van der Waals surface area contributed by atoms with E-state index in [0.29, 0.717) is 0 Å². The summed E-state index contributed by atoms with van der Waals surface area (Å²) in [6.45, 7) is 4.37. The van der Waals surface area contributed by atoms with Gasteiger partial charge in [0.05, 0.1) is 0 Å². The SMILES string of the molecule is CN(C)c1ccc(CN2CCC(CCN)CC2)cc1. The van der Waals surface area contributed by atoms with E-state index in [-0.39, 0.29) is 0 Å². The van der Waals surface area contributed by atoms with E-state index in [4.69, 9.17) is 5.73 Å². The summed E-state index contributed by atoms with van der Waals surface area (Å²) in [4.78, 5) is 4.71. The standard InChI is InChI=1S/C16H27N3/c1-18(2)16-5-3-15(4-6-16)13-19-11-8-14(7-10-17)9-12-19/h3-6,14H,7-13,17H2,1-2H3. The number of rotatable bonds is 5. The molecule has 1 fully saturated rings. The Morgan fingerprint density at radius 2 is 1.79 bits per heavy atom. The van der Waals surface area contributed by atoms with Crippen molar-refractivity contribution in [1.82, 2.24) is 4.90 Å². The maximum absolute atomic E-state index is 5.64. The highest BCUT2D eigenvalue weighted by atomic mass is 15.1. The third-order valence-electron chi connectivity index (χ3n) is 4.14. The van der Waals surface area contributed by atoms with Crippen LogP contribution in [0.3, 0.4) is 0 Å². The second-order valence-corrected chi connectivity index (χ2v) is 5.86. The molecule has 1 aromatic carbocycles. The molecule has 1 saturated heterocycles. The molecule has 0 amide bonds. The summed E-state index contributed by atoms with van der Waals surface area (Å²) in [5.41, 5.74) is 8.33. The second-order valence-electron chi connectivity index (χ2n) is 5.86. The predicted molar refractivity (Wildman–Crippen MR) is 82.4 cm³/mol. The molecule has 0 atom stereocenters. The van der Waals surface area contributed by atoms with Crippen LogP contribution < -0.4 is 10.6 Å². The number of piperidine rings is 1. The fourth-order valence-corrected chi connectivity index (χ4v) is 2.83. The molecule has 0 aliphatic carbocycles. The van der Waals surface area contributed by atoms with E-state index in [1.54, 1.807) is 0 Å². The molecule has 2 rings (SSSR count). The van der Waals surface area contributed by atoms with E-state index in [9.17, 15) is 0 Å². The predicted octanol–water partition coefficient (Wildman–Crippen LogP) is 2.31. The van der Waals surface area contributed by atoms with Crippen LogP contribution in [0.15, 0.2) is 24.3 Å². The lowest BCUT2D eigenvalue weighted by molar-refractivity contribution is 0.173. The summed E-state index contributed by atoms with van der Waals surface area (Å²) in [6.07, 6.45) is 3.82. The first kappa shape index (κ1) is 14.4. The molecule has 1 aliphatic rings. The minimum absolute atomic E-state index is 0.844. The van der Waals surface area contributed by atoms with Gasteiger partial charge >= 0.3 is 0 Å². The van der Waals surface area contributed by atoms with Gasteiger partial charge in [-0.2, -0.15) is 0 Å². The normalized spacial score (nSPS) is 17.6. The molecule has 2 N–H and O–H groups in total. The summed E-state index contributed by atoms with van der Waals surface area (Å²) in [7, 11) is 4.16. The lowest BCUT2D eigenvalue weighted by Gasteiger charge is -2.31. The van der Waals surface area contributed by atoms with E-state index in [2.05, 4.69) is 48.2 Å². The van der Waals surface area contributed by atoms with Crippen molar-refractivity contribution in [3.05, 3.63) is 29.8 Å². The van der Waals surface area contributed by atoms with Crippen LogP contribution in [0.5, 0.6) is 0 Å². The first-order valence-corrected chi connectivity index (χ1v) is 7.37. The molecule has 1 heterocycles. The van der Waals surface area contributed by atoms with Gasteiger partial charge in [-0.1, -0.05) is 12.1 Å². The van der Waals surface area contributed by atoms with E-state index in [1.165, 1.54) is 43.6 Å². The van der Waals surface area contributed by atoms with E-state index in [0.717, 1.165) is 19.0 Å². The van der Waals surface area contributed by atoms with Gasteiger partial charge in [0.25, 0.3) is 0 Å². The average molecular weight is 261 g/mol. The fraction of sp³-hybridized carbons (Fsp3) is 0.625. The Morgan fingerprint density at radius 1 is 1.16 bits per heavy atom. The minimum atomic E-state index is 0.844. The molecular formula is C16H27N3. The van der Waals surface area contributed by atoms with Gasteiger partial charge in [-0.3, -0.25) is 4.90 Å². The van der Waals surface area contributed by atoms with Crippen molar-refractivity contribution < 1.29 is 0 Å². The molecule has 3 heteroatoms. The van der Waals surface area contributed by atoms with Crippen LogP contribution in [0.25, 0.3) is 0 Å². The van der Waals surface area contributed by atoms with Gasteiger partial charge in [-0.05, 0) is 62.5 Å². The summed E-state index contributed by atoms with van der Waals surface area (Å²) in [6, 6.07) is 8.91. The third kappa shape index (κ3) is 4.22. The van der Waals surface area contributed by atoms with E-state index >= 15 is 0 Å². The molecule has 3 nitrogen and oxygen atoms in total. The van der Waals surface area contributed by atoms with Crippen LogP contribution in [-0.2, 0) is 6.54 Å². The van der Waals surface area contributed by atoms with Crippen molar-refractivity contribution in [1.29, 1.82) is 0 Å². The second kappa shape index (κ2) is 6.92. The van der Waals surface area contributed by atoms with Gasteiger partial charge in [-0.25, -0.2) is 0 Å². The topological polar surface area (TPSA) is 32.5 Å². The van der Waals surface area contributed by atoms with Crippen molar-refractivity contribution in [3.63, 3.8) is 0 Å². The van der Waals surface area contributed by atoms with Crippen molar-refractivity contribution in [2.75, 3.05) is 38.6 Å². The van der Waals surface area contributed by atoms with E-state index in [1.807, 2.05) is 0 Å². The fourth-order valence-electron chi connectivity index (χ4n) is 2.83. The smallest absolute Gasteiger partial charge is 0.0361 e. The molecule has 106 valence electrons. The summed E-state index contributed by atoms with van der Waals surface area (Å²) < 4.78 is 0. The zero-order valence-corrected chi connectivity index (χ0v) is 12.3. The highest BCUT2D eigenvalue weighted by Gasteiger charge is 2.18. The highest BCUT2D eigenvalue weighted by Crippen LogP contribution is 2.21. The van der Waals surface area contributed by atoms with Crippen LogP contribution >= 0.6 is 0 Å². The molecule has 0 radical (unpaired) electrons. The van der Waals surface area contributed by atoms with Gasteiger partial charge in [0, 0.05) is 26.3 Å². The number of hydrogen-bond donors (Lipinski definition) is 1. The Hall–Kier alpha value is -1.06. The Balaban J connectivity index is 1.82. The van der Waals surface area contributed by atoms with Gasteiger partial charge in [0.15, 0.2) is 0 Å². The lowest BCUT2D eigenvalue weighted by Crippen LogP contribution is -2.33. The molecule has 1 aromatic rings. The lowest BCUT2D eigenvalue weighted by atomic mass is 9.93. The van der Waals surface area contributed by atoms with Crippen LogP contribution in [0, 0.1) is 5.92 Å². The van der Waals surface area contributed by atoms with Crippen LogP contribution in [0.4, 0.5) is 5.69 Å². The maximum Gasteiger partial charge on any atom is 0.0361 e. The molecule has 0 aromatic heterocycles. The zero-order valence-electron chi connectivity index (χ0n) is 12.3. The summed E-state index contributed by atoms with van der Waals surface area (Å²) in [5.74, 6) is 0.859. The van der Waals surface area contributed by atoms with Crippen molar-refractivity contribution in [3.8, 4) is 0 Å². The number of nitrogens with two attached hydrogens (primary N) is 1. The molecule has 1 aliphatic heterocycles. The van der Waals surface area contributed by atoms with Crippen molar-refractivity contribution in [2.24, 2.45) is 11.7 Å². The number of benzene rings is 1. The van der Waals surface area contributed by atoms with Crippen LogP contribution in [-0.4, -0.2) is 38.6 Å². The third-order valence-corrected chi connectivity index (χ3v) is 4.14. The monoisotopic (exact) mass is 261 g/mol. The molecule has 0 spiro atoms. The first-order valence-electron chi connectivity index (χ1n) is 7.37. The van der Waals surface area contributed by atoms with Gasteiger partial charge in [0.2, 0.25) is 0 Å². The zero-order chi connectivity index (χ0) is 13.7. The Labute approximate surface area is 117 Å². The minimum Gasteiger partial charge on any atom is -0.378 e. The van der Waals surface area contributed by atoms with Crippen LogP contribution in [0.1, 0.15) is 24.8 Å². The van der Waals surface area contributed by atoms with E-state index < -0.39 is 0 Å². The van der Waals surface area contributed by atoms with Crippen LogP contribution in [0.2, 0.25) is 0 Å². The molecule has 0 unspecified atom stereocenters. The molecule has 0 saturated carbocycles. The quantitative estimate of drug-likeness (QED) is 0.883. The number of hydrogen-bond acceptors (Lipinski definition) is 3. The number of nitrogens with zero attached hydrogens (tertiary/aromatic N) is 2. The molecule has 19 heavy (non-hydrogen) atoms. The maximum atomic E-state index is 5.64. The number of anilines is 1. The first-order chi connectivity index (χ1) is 9.19. The van der Waals surface area contributed by atoms with Gasteiger partial charge < -0.3 is 10.6 Å². The largest absolute Gasteiger partial charge is 0.378 e. The van der Waals surface area contributed by atoms with Crippen molar-refractivity contribution in [2.45, 2.75) is 25.8 Å². The van der Waals surface area contributed by atoms with Gasteiger partial charge in [-0.15, -0.1) is 0 Å². The molecule has 0 bridgehead atoms.